The number of rotatable bonds is 4. The zero-order valence-corrected chi connectivity index (χ0v) is 12.0. The van der Waals surface area contributed by atoms with Crippen LogP contribution in [0.3, 0.4) is 0 Å². The van der Waals surface area contributed by atoms with Crippen molar-refractivity contribution in [1.82, 2.24) is 9.55 Å². The van der Waals surface area contributed by atoms with Gasteiger partial charge in [0.2, 0.25) is 0 Å². The van der Waals surface area contributed by atoms with Gasteiger partial charge in [-0.25, -0.2) is 4.98 Å². The topological polar surface area (TPSA) is 17.8 Å². The second kappa shape index (κ2) is 4.24. The Morgan fingerprint density at radius 1 is 1.26 bits per heavy atom. The maximum Gasteiger partial charge on any atom is 0.125 e. The van der Waals surface area contributed by atoms with Crippen LogP contribution in [0.4, 0.5) is 0 Å². The van der Waals surface area contributed by atoms with Gasteiger partial charge in [0.1, 0.15) is 5.82 Å². The molecular weight excluding hydrogens is 256 g/mol. The van der Waals surface area contributed by atoms with Crippen LogP contribution in [0.25, 0.3) is 11.0 Å². The van der Waals surface area contributed by atoms with Gasteiger partial charge in [0.15, 0.2) is 0 Å². The van der Waals surface area contributed by atoms with E-state index < -0.39 is 0 Å². The molecule has 2 saturated carbocycles. The van der Waals surface area contributed by atoms with Crippen molar-refractivity contribution >= 4 is 22.6 Å². The first-order valence-electron chi connectivity index (χ1n) is 7.31. The molecule has 2 nitrogen and oxygen atoms in total. The second-order valence-electron chi connectivity index (χ2n) is 6.19. The second-order valence-corrected chi connectivity index (χ2v) is 6.46. The summed E-state index contributed by atoms with van der Waals surface area (Å²) < 4.78 is 2.48. The number of fused-ring (bicyclic) bond motifs is 1. The Balaban J connectivity index is 1.91. The molecule has 0 atom stereocenters. The third-order valence-corrected chi connectivity index (χ3v) is 4.78. The van der Waals surface area contributed by atoms with Crippen molar-refractivity contribution in [2.75, 3.05) is 0 Å². The van der Waals surface area contributed by atoms with Crippen LogP contribution < -0.4 is 0 Å². The van der Waals surface area contributed by atoms with Gasteiger partial charge in [0.05, 0.1) is 16.9 Å². The molecule has 0 amide bonds. The van der Waals surface area contributed by atoms with Crippen molar-refractivity contribution in [3.05, 3.63) is 29.6 Å². The van der Waals surface area contributed by atoms with E-state index in [1.54, 1.807) is 0 Å². The van der Waals surface area contributed by atoms with Gasteiger partial charge in [0.25, 0.3) is 0 Å². The molecule has 0 aliphatic heterocycles. The number of hydrogen-bond donors (Lipinski definition) is 0. The average molecular weight is 275 g/mol. The van der Waals surface area contributed by atoms with Gasteiger partial charge < -0.3 is 4.57 Å². The molecule has 0 bridgehead atoms. The first-order chi connectivity index (χ1) is 9.28. The van der Waals surface area contributed by atoms with Gasteiger partial charge in [-0.05, 0) is 62.1 Å². The highest BCUT2D eigenvalue weighted by Gasteiger charge is 2.43. The lowest BCUT2D eigenvalue weighted by atomic mass is 10.1. The highest BCUT2D eigenvalue weighted by Crippen LogP contribution is 2.53. The summed E-state index contributed by atoms with van der Waals surface area (Å²) in [6.07, 6.45) is 5.53. The standard InChI is InChI=1S/C16H19ClN2/c1-10-2-7-13-14(8-10)19(15(9-17)18-13)16(11-3-4-11)12-5-6-12/h2,7-8,11-12,16H,3-6,9H2,1H3. The van der Waals surface area contributed by atoms with E-state index in [0.717, 1.165) is 23.2 Å². The molecule has 0 saturated heterocycles. The van der Waals surface area contributed by atoms with E-state index in [-0.39, 0.29) is 0 Å². The molecule has 1 heterocycles. The van der Waals surface area contributed by atoms with Crippen molar-refractivity contribution < 1.29 is 0 Å². The van der Waals surface area contributed by atoms with Crippen LogP contribution in [-0.2, 0) is 5.88 Å². The molecule has 2 fully saturated rings. The van der Waals surface area contributed by atoms with Crippen LogP contribution in [0, 0.1) is 18.8 Å². The maximum absolute atomic E-state index is 6.15. The Morgan fingerprint density at radius 3 is 2.53 bits per heavy atom. The fourth-order valence-electron chi connectivity index (χ4n) is 3.36. The van der Waals surface area contributed by atoms with Crippen molar-refractivity contribution in [2.45, 2.75) is 44.5 Å². The van der Waals surface area contributed by atoms with E-state index in [0.29, 0.717) is 11.9 Å². The lowest BCUT2D eigenvalue weighted by molar-refractivity contribution is 0.396. The Kier molecular flexibility index (Phi) is 2.63. The highest BCUT2D eigenvalue weighted by molar-refractivity contribution is 6.16. The molecule has 19 heavy (non-hydrogen) atoms. The molecule has 2 aliphatic carbocycles. The summed E-state index contributed by atoms with van der Waals surface area (Å²) in [6, 6.07) is 7.20. The molecule has 100 valence electrons. The number of nitrogens with zero attached hydrogens (tertiary/aromatic N) is 2. The lowest BCUT2D eigenvalue weighted by Crippen LogP contribution is -2.16. The number of imidazole rings is 1. The van der Waals surface area contributed by atoms with Crippen LogP contribution in [0.1, 0.15) is 43.1 Å². The predicted molar refractivity (Wildman–Crippen MR) is 78.5 cm³/mol. The van der Waals surface area contributed by atoms with Crippen LogP contribution in [-0.4, -0.2) is 9.55 Å². The largest absolute Gasteiger partial charge is 0.323 e. The Labute approximate surface area is 118 Å². The average Bonchev–Trinajstić information content (AvgIpc) is 3.29. The van der Waals surface area contributed by atoms with E-state index in [4.69, 9.17) is 16.6 Å². The van der Waals surface area contributed by atoms with Gasteiger partial charge >= 0.3 is 0 Å². The monoisotopic (exact) mass is 274 g/mol. The summed E-state index contributed by atoms with van der Waals surface area (Å²) >= 11 is 6.15. The van der Waals surface area contributed by atoms with Gasteiger partial charge in [-0.15, -0.1) is 11.6 Å². The van der Waals surface area contributed by atoms with Crippen molar-refractivity contribution in [3.8, 4) is 0 Å². The summed E-state index contributed by atoms with van der Waals surface area (Å²) in [5, 5.41) is 0. The molecule has 3 heteroatoms. The fraction of sp³-hybridized carbons (Fsp3) is 0.562. The fourth-order valence-corrected chi connectivity index (χ4v) is 3.55. The highest BCUT2D eigenvalue weighted by atomic mass is 35.5. The molecule has 0 spiro atoms. The molecule has 1 aromatic heterocycles. The first-order valence-corrected chi connectivity index (χ1v) is 7.85. The van der Waals surface area contributed by atoms with E-state index in [1.165, 1.54) is 36.8 Å². The van der Waals surface area contributed by atoms with Crippen molar-refractivity contribution in [1.29, 1.82) is 0 Å². The first kappa shape index (κ1) is 11.8. The quantitative estimate of drug-likeness (QED) is 0.754. The summed E-state index contributed by atoms with van der Waals surface area (Å²) in [6.45, 7) is 2.15. The number of aryl methyl sites for hydroxylation is 1. The zero-order chi connectivity index (χ0) is 13.0. The smallest absolute Gasteiger partial charge is 0.125 e. The zero-order valence-electron chi connectivity index (χ0n) is 11.3. The van der Waals surface area contributed by atoms with Crippen LogP contribution in [0.5, 0.6) is 0 Å². The van der Waals surface area contributed by atoms with Crippen molar-refractivity contribution in [3.63, 3.8) is 0 Å². The summed E-state index contributed by atoms with van der Waals surface area (Å²) in [5.41, 5.74) is 3.70. The minimum Gasteiger partial charge on any atom is -0.323 e. The number of hydrogen-bond acceptors (Lipinski definition) is 1. The van der Waals surface area contributed by atoms with Crippen LogP contribution >= 0.6 is 11.6 Å². The van der Waals surface area contributed by atoms with Gasteiger partial charge in [-0.3, -0.25) is 0 Å². The van der Waals surface area contributed by atoms with E-state index >= 15 is 0 Å². The number of benzene rings is 1. The number of aromatic nitrogens is 2. The molecular formula is C16H19ClN2. The summed E-state index contributed by atoms with van der Waals surface area (Å²) in [5.74, 6) is 3.31. The molecule has 4 rings (SSSR count). The normalized spacial score (nSPS) is 19.5. The molecule has 2 aliphatic rings. The van der Waals surface area contributed by atoms with E-state index in [1.807, 2.05) is 0 Å². The van der Waals surface area contributed by atoms with Gasteiger partial charge in [-0.2, -0.15) is 0 Å². The molecule has 0 unspecified atom stereocenters. The summed E-state index contributed by atoms with van der Waals surface area (Å²) in [7, 11) is 0. The molecule has 0 radical (unpaired) electrons. The van der Waals surface area contributed by atoms with Gasteiger partial charge in [0, 0.05) is 6.04 Å². The molecule has 1 aromatic carbocycles. The van der Waals surface area contributed by atoms with Crippen LogP contribution in [0.2, 0.25) is 0 Å². The third-order valence-electron chi connectivity index (χ3n) is 4.55. The predicted octanol–water partition coefficient (Wildman–Crippen LogP) is 4.44. The maximum atomic E-state index is 6.15. The summed E-state index contributed by atoms with van der Waals surface area (Å²) in [4.78, 5) is 4.74. The minimum atomic E-state index is 0.518. The number of alkyl halides is 1. The van der Waals surface area contributed by atoms with Crippen molar-refractivity contribution in [2.24, 2.45) is 11.8 Å². The molecule has 0 N–H and O–H groups in total. The van der Waals surface area contributed by atoms with Gasteiger partial charge in [-0.1, -0.05) is 6.07 Å². The Bertz CT molecular complexity index is 611. The number of halogens is 1. The SMILES string of the molecule is Cc1ccc2nc(CCl)n(C(C3CC3)C3CC3)c2c1. The minimum absolute atomic E-state index is 0.518. The lowest BCUT2D eigenvalue weighted by Gasteiger charge is -2.21. The van der Waals surface area contributed by atoms with E-state index in [9.17, 15) is 0 Å². The van der Waals surface area contributed by atoms with E-state index in [2.05, 4.69) is 29.7 Å². The Hall–Kier alpha value is -1.02. The molecule has 2 aromatic rings. The Morgan fingerprint density at radius 2 is 1.95 bits per heavy atom. The van der Waals surface area contributed by atoms with Crippen LogP contribution in [0.15, 0.2) is 18.2 Å². The third kappa shape index (κ3) is 1.97.